The maximum absolute atomic E-state index is 13.1. The number of hydrogen-bond acceptors (Lipinski definition) is 6. The first kappa shape index (κ1) is 32.4. The number of carbonyl (C=O) groups is 2. The Morgan fingerprint density at radius 2 is 1.00 bits per heavy atom. The van der Waals surface area contributed by atoms with Gasteiger partial charge in [-0.1, -0.05) is 64.1 Å². The normalized spacial score (nSPS) is 21.4. The molecule has 4 heterocycles. The van der Waals surface area contributed by atoms with E-state index in [0.29, 0.717) is 0 Å². The topological polar surface area (TPSA) is 117 Å². The van der Waals surface area contributed by atoms with Gasteiger partial charge in [0.05, 0.1) is 35.5 Å². The van der Waals surface area contributed by atoms with Crippen LogP contribution in [0.1, 0.15) is 64.5 Å². The second kappa shape index (κ2) is 13.1. The van der Waals surface area contributed by atoms with E-state index in [9.17, 15) is 9.59 Å². The molecule has 4 aliphatic heterocycles. The Bertz CT molecular complexity index is 1660. The summed E-state index contributed by atoms with van der Waals surface area (Å²) < 4.78 is 0. The summed E-state index contributed by atoms with van der Waals surface area (Å²) in [7, 11) is 0. The van der Waals surface area contributed by atoms with E-state index >= 15 is 0 Å². The number of benzene rings is 3. The zero-order valence-corrected chi connectivity index (χ0v) is 28.7. The van der Waals surface area contributed by atoms with Crippen molar-refractivity contribution in [1.82, 2.24) is 9.80 Å². The molecule has 8 nitrogen and oxygen atoms in total. The van der Waals surface area contributed by atoms with E-state index in [0.717, 1.165) is 96.7 Å². The van der Waals surface area contributed by atoms with Crippen LogP contribution in [-0.2, 0) is 22.4 Å². The van der Waals surface area contributed by atoms with Crippen LogP contribution in [0.3, 0.4) is 0 Å². The Labute approximate surface area is 284 Å². The highest BCUT2D eigenvalue weighted by molar-refractivity contribution is 6.02. The van der Waals surface area contributed by atoms with Crippen molar-refractivity contribution in [2.45, 2.75) is 90.4 Å². The minimum atomic E-state index is -0.471. The minimum Gasteiger partial charge on any atom is -0.333 e. The fraction of sp³-hybridized carbons (Fsp3) is 0.450. The molecule has 4 aliphatic rings. The van der Waals surface area contributed by atoms with Gasteiger partial charge in [0.25, 0.3) is 0 Å². The fourth-order valence-corrected chi connectivity index (χ4v) is 7.76. The zero-order valence-electron chi connectivity index (χ0n) is 28.7. The van der Waals surface area contributed by atoms with Gasteiger partial charge in [-0.2, -0.15) is 0 Å². The molecule has 7 rings (SSSR count). The lowest BCUT2D eigenvalue weighted by Crippen LogP contribution is -2.50. The van der Waals surface area contributed by atoms with Crippen molar-refractivity contribution >= 4 is 34.6 Å². The average Bonchev–Trinajstić information content (AvgIpc) is 3.91. The number of carbonyl (C=O) groups excluding carboxylic acids is 2. The predicted octanol–water partition coefficient (Wildman–Crippen LogP) is 6.23. The maximum atomic E-state index is 13.1. The molecule has 0 aliphatic carbocycles. The Kier molecular flexibility index (Phi) is 8.81. The van der Waals surface area contributed by atoms with Crippen LogP contribution in [0.25, 0.3) is 22.3 Å². The van der Waals surface area contributed by atoms with Crippen molar-refractivity contribution in [1.29, 1.82) is 0 Å². The van der Waals surface area contributed by atoms with Crippen molar-refractivity contribution in [2.24, 2.45) is 33.3 Å². The summed E-state index contributed by atoms with van der Waals surface area (Å²) in [5, 5.41) is 0. The Morgan fingerprint density at radius 3 is 1.38 bits per heavy atom. The number of aliphatic imine (C=N–C) groups is 2. The Morgan fingerprint density at radius 1 is 0.625 bits per heavy atom. The van der Waals surface area contributed by atoms with Crippen molar-refractivity contribution in [3.05, 3.63) is 71.8 Å². The lowest BCUT2D eigenvalue weighted by atomic mass is 9.95. The molecule has 8 heteroatoms. The number of likely N-dealkylation sites (tertiary alicyclic amines) is 2. The highest BCUT2D eigenvalue weighted by atomic mass is 16.2. The van der Waals surface area contributed by atoms with Gasteiger partial charge in [0.1, 0.15) is 0 Å². The van der Waals surface area contributed by atoms with Gasteiger partial charge in [-0.3, -0.25) is 19.6 Å². The second-order valence-corrected chi connectivity index (χ2v) is 14.7. The molecule has 48 heavy (non-hydrogen) atoms. The number of rotatable bonds is 8. The first-order valence-electron chi connectivity index (χ1n) is 17.7. The highest BCUT2D eigenvalue weighted by Crippen LogP contribution is 2.37. The summed E-state index contributed by atoms with van der Waals surface area (Å²) >= 11 is 0. The van der Waals surface area contributed by atoms with Crippen LogP contribution in [0, 0.1) is 11.8 Å². The second-order valence-electron chi connectivity index (χ2n) is 14.7. The van der Waals surface area contributed by atoms with Crippen LogP contribution in [0.5, 0.6) is 0 Å². The van der Waals surface area contributed by atoms with Crippen LogP contribution in [0.4, 0.5) is 11.4 Å². The minimum absolute atomic E-state index is 0.0361. The van der Waals surface area contributed by atoms with Crippen LogP contribution >= 0.6 is 0 Å². The van der Waals surface area contributed by atoms with E-state index in [1.165, 1.54) is 11.1 Å². The van der Waals surface area contributed by atoms with Gasteiger partial charge in [-0.25, -0.2) is 0 Å². The van der Waals surface area contributed by atoms with Crippen LogP contribution in [0.15, 0.2) is 70.6 Å². The molecule has 4 N–H and O–H groups in total. The van der Waals surface area contributed by atoms with Gasteiger partial charge < -0.3 is 21.3 Å². The molecular weight excluding hydrogens is 596 g/mol. The molecule has 250 valence electrons. The number of amides is 2. The standard InChI is InChI=1S/C40H48N6O2/c1-23(2)37(41)39(47)45-17-5-7-35(45)33-21-29-19-27(13-15-31(29)43-33)25-9-11-26(12-10-25)28-14-16-32-30(20-28)22-34(44-32)36-8-6-18-46(36)40(48)38(42)24(3)4/h9-16,19-20,23-24,35-38H,5-8,17-18,21-22,41-42H2,1-4H3/t35-,36-,37-,38-/m0/s1. The summed E-state index contributed by atoms with van der Waals surface area (Å²) in [5.74, 6) is 0.312. The van der Waals surface area contributed by atoms with Gasteiger partial charge in [-0.15, -0.1) is 0 Å². The summed E-state index contributed by atoms with van der Waals surface area (Å²) in [6.45, 7) is 9.51. The molecule has 3 aromatic carbocycles. The lowest BCUT2D eigenvalue weighted by molar-refractivity contribution is -0.134. The molecule has 2 amide bonds. The molecule has 0 radical (unpaired) electrons. The van der Waals surface area contributed by atoms with Crippen LogP contribution in [-0.4, -0.2) is 70.3 Å². The van der Waals surface area contributed by atoms with Gasteiger partial charge in [0.15, 0.2) is 0 Å². The third kappa shape index (κ3) is 6.01. The van der Waals surface area contributed by atoms with E-state index in [1.54, 1.807) is 0 Å². The summed E-state index contributed by atoms with van der Waals surface area (Å²) in [6, 6.07) is 20.9. The van der Waals surface area contributed by atoms with E-state index < -0.39 is 12.1 Å². The van der Waals surface area contributed by atoms with Crippen molar-refractivity contribution in [3.63, 3.8) is 0 Å². The van der Waals surface area contributed by atoms with Crippen LogP contribution < -0.4 is 11.5 Å². The summed E-state index contributed by atoms with van der Waals surface area (Å²) in [4.78, 5) is 40.2. The molecular formula is C40H48N6O2. The fourth-order valence-electron chi connectivity index (χ4n) is 7.76. The average molecular weight is 645 g/mol. The largest absolute Gasteiger partial charge is 0.333 e. The van der Waals surface area contributed by atoms with Gasteiger partial charge in [-0.05, 0) is 95.2 Å². The highest BCUT2D eigenvalue weighted by Gasteiger charge is 2.38. The lowest BCUT2D eigenvalue weighted by Gasteiger charge is -2.29. The van der Waals surface area contributed by atoms with Gasteiger partial charge in [0, 0.05) is 37.4 Å². The molecule has 0 aromatic heterocycles. The first-order valence-corrected chi connectivity index (χ1v) is 17.7. The first-order chi connectivity index (χ1) is 23.1. The predicted molar refractivity (Wildman–Crippen MR) is 194 cm³/mol. The van der Waals surface area contributed by atoms with E-state index in [4.69, 9.17) is 21.5 Å². The van der Waals surface area contributed by atoms with E-state index in [2.05, 4.69) is 60.7 Å². The van der Waals surface area contributed by atoms with Crippen molar-refractivity contribution in [3.8, 4) is 22.3 Å². The van der Waals surface area contributed by atoms with Crippen molar-refractivity contribution in [2.75, 3.05) is 13.1 Å². The Balaban J connectivity index is 1.02. The zero-order chi connectivity index (χ0) is 33.7. The molecule has 0 spiro atoms. The molecule has 0 unspecified atom stereocenters. The molecule has 0 saturated carbocycles. The van der Waals surface area contributed by atoms with E-state index in [-0.39, 0.29) is 35.7 Å². The van der Waals surface area contributed by atoms with Crippen LogP contribution in [0.2, 0.25) is 0 Å². The van der Waals surface area contributed by atoms with Gasteiger partial charge >= 0.3 is 0 Å². The number of nitrogens with zero attached hydrogens (tertiary/aromatic N) is 4. The van der Waals surface area contributed by atoms with Crippen molar-refractivity contribution < 1.29 is 9.59 Å². The Hall–Kier alpha value is -4.14. The molecule has 0 bridgehead atoms. The SMILES string of the molecule is CC(C)[C@H](N)C(=O)N1CCC[C@H]1C1=Nc2ccc(-c3ccc(-c4ccc5c(c4)CC([C@@H]4CCCN4C(=O)[C@@H](N)C(C)C)=N5)cc3)cc2C1. The number of nitrogens with two attached hydrogens (primary N) is 2. The monoisotopic (exact) mass is 644 g/mol. The summed E-state index contributed by atoms with van der Waals surface area (Å²) in [6.07, 6.45) is 5.39. The maximum Gasteiger partial charge on any atom is 0.240 e. The third-order valence-corrected chi connectivity index (χ3v) is 10.8. The van der Waals surface area contributed by atoms with Gasteiger partial charge in [0.2, 0.25) is 11.8 Å². The molecule has 3 aromatic rings. The smallest absolute Gasteiger partial charge is 0.240 e. The molecule has 2 fully saturated rings. The quantitative estimate of drug-likeness (QED) is 0.303. The van der Waals surface area contributed by atoms with E-state index in [1.807, 2.05) is 37.5 Å². The number of fused-ring (bicyclic) bond motifs is 2. The summed E-state index contributed by atoms with van der Waals surface area (Å²) in [5.41, 5.74) is 23.7. The third-order valence-electron chi connectivity index (χ3n) is 10.8. The molecule has 2 saturated heterocycles. The number of hydrogen-bond donors (Lipinski definition) is 2. The molecule has 4 atom stereocenters.